The average molecular weight is 331 g/mol. The molecule has 1 aliphatic rings. The van der Waals surface area contributed by atoms with Crippen molar-refractivity contribution in [1.29, 1.82) is 0 Å². The van der Waals surface area contributed by atoms with Crippen molar-refractivity contribution in [3.8, 4) is 0 Å². The quantitative estimate of drug-likeness (QED) is 0.697. The van der Waals surface area contributed by atoms with Gasteiger partial charge in [-0.25, -0.2) is 8.42 Å². The summed E-state index contributed by atoms with van der Waals surface area (Å²) in [7, 11) is -3.93. The third kappa shape index (κ3) is 6.62. The molecule has 0 atom stereocenters. The molecule has 0 aromatic heterocycles. The number of alkyl halides is 3. The van der Waals surface area contributed by atoms with Gasteiger partial charge >= 0.3 is 6.18 Å². The molecule has 0 radical (unpaired) electrons. The molecule has 1 fully saturated rings. The molecule has 1 aliphatic heterocycles. The summed E-state index contributed by atoms with van der Waals surface area (Å²) in [5.74, 6) is -1.45. The zero-order valence-corrected chi connectivity index (χ0v) is 12.3. The number of halogens is 3. The van der Waals surface area contributed by atoms with E-state index in [-0.39, 0.29) is 0 Å². The van der Waals surface area contributed by atoms with Crippen LogP contribution in [0.15, 0.2) is 0 Å². The number of primary amides is 1. The number of amides is 1. The van der Waals surface area contributed by atoms with Crippen molar-refractivity contribution in [2.45, 2.75) is 37.9 Å². The fourth-order valence-electron chi connectivity index (χ4n) is 2.28. The lowest BCUT2D eigenvalue weighted by atomic mass is 10.1. The molecule has 1 rings (SSSR count). The lowest BCUT2D eigenvalue weighted by Gasteiger charge is -2.33. The van der Waals surface area contributed by atoms with Gasteiger partial charge in [0, 0.05) is 12.5 Å². The van der Waals surface area contributed by atoms with E-state index in [4.69, 9.17) is 5.73 Å². The van der Waals surface area contributed by atoms with Crippen molar-refractivity contribution >= 4 is 15.9 Å². The van der Waals surface area contributed by atoms with Gasteiger partial charge < -0.3 is 11.1 Å². The molecule has 124 valence electrons. The van der Waals surface area contributed by atoms with Crippen LogP contribution in [0.5, 0.6) is 0 Å². The second kappa shape index (κ2) is 7.41. The molecular formula is C11H20F3N3O3S. The third-order valence-corrected chi connectivity index (χ3v) is 5.19. The first kappa shape index (κ1) is 18.2. The van der Waals surface area contributed by atoms with Crippen molar-refractivity contribution in [2.75, 3.05) is 25.4 Å². The number of piperidine rings is 1. The molecule has 6 nitrogen and oxygen atoms in total. The zero-order chi connectivity index (χ0) is 16.1. The van der Waals surface area contributed by atoms with Gasteiger partial charge in [-0.05, 0) is 32.4 Å². The predicted molar refractivity (Wildman–Crippen MR) is 70.9 cm³/mol. The van der Waals surface area contributed by atoms with Gasteiger partial charge in [0.15, 0.2) is 0 Å². The number of carbonyl (C=O) groups excluding carboxylic acids is 1. The normalized spacial score (nSPS) is 18.1. The Balaban J connectivity index is 2.72. The number of nitrogens with two attached hydrogens (primary N) is 1. The Hall–Kier alpha value is -0.870. The molecule has 0 aliphatic carbocycles. The molecule has 1 heterocycles. The summed E-state index contributed by atoms with van der Waals surface area (Å²) in [6.45, 7) is 0.703. The van der Waals surface area contributed by atoms with Crippen LogP contribution >= 0.6 is 0 Å². The minimum Gasteiger partial charge on any atom is -0.369 e. The summed E-state index contributed by atoms with van der Waals surface area (Å²) in [5, 5.41) is 3.05. The Labute approximate surface area is 121 Å². The van der Waals surface area contributed by atoms with Gasteiger partial charge in [0.2, 0.25) is 15.9 Å². The Morgan fingerprint density at radius 1 is 1.29 bits per heavy atom. The number of carbonyl (C=O) groups is 1. The smallest absolute Gasteiger partial charge is 0.369 e. The first-order chi connectivity index (χ1) is 9.62. The monoisotopic (exact) mass is 331 g/mol. The molecule has 0 bridgehead atoms. The van der Waals surface area contributed by atoms with Gasteiger partial charge in [0.05, 0.1) is 12.3 Å². The maximum Gasteiger partial charge on any atom is 0.389 e. The van der Waals surface area contributed by atoms with Crippen LogP contribution < -0.4 is 11.1 Å². The van der Waals surface area contributed by atoms with Crippen LogP contribution in [0.25, 0.3) is 0 Å². The van der Waals surface area contributed by atoms with Gasteiger partial charge in [-0.2, -0.15) is 17.5 Å². The Morgan fingerprint density at radius 3 is 2.33 bits per heavy atom. The van der Waals surface area contributed by atoms with E-state index in [0.717, 1.165) is 4.31 Å². The van der Waals surface area contributed by atoms with Gasteiger partial charge in [-0.1, -0.05) is 0 Å². The fourth-order valence-corrected chi connectivity index (χ4v) is 4.01. The molecule has 1 saturated heterocycles. The van der Waals surface area contributed by atoms with E-state index in [9.17, 15) is 26.4 Å². The lowest BCUT2D eigenvalue weighted by Crippen LogP contribution is -2.49. The zero-order valence-electron chi connectivity index (χ0n) is 11.5. The highest BCUT2D eigenvalue weighted by atomic mass is 32.2. The van der Waals surface area contributed by atoms with Crippen molar-refractivity contribution in [1.82, 2.24) is 9.62 Å². The fraction of sp³-hybridized carbons (Fsp3) is 0.909. The summed E-state index contributed by atoms with van der Waals surface area (Å²) < 4.78 is 61.6. The average Bonchev–Trinajstić information content (AvgIpc) is 2.34. The molecule has 0 saturated carbocycles. The second-order valence-electron chi connectivity index (χ2n) is 5.03. The summed E-state index contributed by atoms with van der Waals surface area (Å²) in [4.78, 5) is 11.1. The van der Waals surface area contributed by atoms with Crippen LogP contribution in [0.2, 0.25) is 0 Å². The Kier molecular flexibility index (Phi) is 6.41. The van der Waals surface area contributed by atoms with E-state index in [1.165, 1.54) is 0 Å². The number of nitrogens with zero attached hydrogens (tertiary/aromatic N) is 1. The maximum absolute atomic E-state index is 12.2. The molecule has 21 heavy (non-hydrogen) atoms. The lowest BCUT2D eigenvalue weighted by molar-refractivity contribution is -0.134. The van der Waals surface area contributed by atoms with Gasteiger partial charge in [0.25, 0.3) is 0 Å². The molecule has 0 aromatic rings. The molecule has 3 N–H and O–H groups in total. The molecule has 1 amide bonds. The molecule has 0 unspecified atom stereocenters. The molecule has 0 aromatic carbocycles. The Morgan fingerprint density at radius 2 is 1.86 bits per heavy atom. The molecular weight excluding hydrogens is 311 g/mol. The Bertz CT molecular complexity index is 447. The van der Waals surface area contributed by atoms with Crippen LogP contribution in [0.3, 0.4) is 0 Å². The van der Waals surface area contributed by atoms with Crippen molar-refractivity contribution in [2.24, 2.45) is 5.73 Å². The van der Waals surface area contributed by atoms with E-state index in [2.05, 4.69) is 5.32 Å². The molecule has 10 heteroatoms. The van der Waals surface area contributed by atoms with Crippen molar-refractivity contribution in [3.63, 3.8) is 0 Å². The molecule has 0 spiro atoms. The van der Waals surface area contributed by atoms with Crippen LogP contribution in [0, 0.1) is 0 Å². The highest BCUT2D eigenvalue weighted by Gasteiger charge is 2.33. The van der Waals surface area contributed by atoms with Gasteiger partial charge in [0.1, 0.15) is 0 Å². The van der Waals surface area contributed by atoms with Crippen molar-refractivity contribution in [3.05, 3.63) is 0 Å². The standard InChI is InChI=1S/C11H20F3N3O3S/c12-11(13,14)4-1-7-21(19,20)17(8-10(15)18)9-2-5-16-6-3-9/h9,16H,1-8H2,(H2,15,18). The van der Waals surface area contributed by atoms with Crippen LogP contribution in [-0.2, 0) is 14.8 Å². The maximum atomic E-state index is 12.2. The van der Waals surface area contributed by atoms with E-state index >= 15 is 0 Å². The number of rotatable bonds is 7. The first-order valence-electron chi connectivity index (χ1n) is 6.67. The summed E-state index contributed by atoms with van der Waals surface area (Å²) >= 11 is 0. The largest absolute Gasteiger partial charge is 0.389 e. The number of hydrogen-bond acceptors (Lipinski definition) is 4. The minimum absolute atomic E-state index is 0.394. The number of hydrogen-bond donors (Lipinski definition) is 2. The SMILES string of the molecule is NC(=O)CN(C1CCNCC1)S(=O)(=O)CCCC(F)(F)F. The third-order valence-electron chi connectivity index (χ3n) is 3.25. The van der Waals surface area contributed by atoms with Gasteiger partial charge in [-0.15, -0.1) is 0 Å². The topological polar surface area (TPSA) is 92.5 Å². The van der Waals surface area contributed by atoms with Crippen molar-refractivity contribution < 1.29 is 26.4 Å². The first-order valence-corrected chi connectivity index (χ1v) is 8.28. The summed E-state index contributed by atoms with van der Waals surface area (Å²) in [6, 6.07) is -0.394. The number of nitrogens with one attached hydrogen (secondary N) is 1. The summed E-state index contributed by atoms with van der Waals surface area (Å²) in [6.07, 6.45) is -5.06. The van der Waals surface area contributed by atoms with E-state index in [1.807, 2.05) is 0 Å². The van der Waals surface area contributed by atoms with Crippen LogP contribution in [0.1, 0.15) is 25.7 Å². The van der Waals surface area contributed by atoms with Gasteiger partial charge in [-0.3, -0.25) is 4.79 Å². The highest BCUT2D eigenvalue weighted by molar-refractivity contribution is 7.89. The van der Waals surface area contributed by atoms with E-state index in [1.54, 1.807) is 0 Å². The second-order valence-corrected chi connectivity index (χ2v) is 7.07. The number of sulfonamides is 1. The summed E-state index contributed by atoms with van der Waals surface area (Å²) in [5.41, 5.74) is 5.05. The van der Waals surface area contributed by atoms with Crippen LogP contribution in [0.4, 0.5) is 13.2 Å². The highest BCUT2D eigenvalue weighted by Crippen LogP contribution is 2.23. The van der Waals surface area contributed by atoms with E-state index in [0.29, 0.717) is 25.9 Å². The predicted octanol–water partition coefficient (Wildman–Crippen LogP) is 0.198. The van der Waals surface area contributed by atoms with Crippen LogP contribution in [-0.4, -0.2) is 56.2 Å². The van der Waals surface area contributed by atoms with E-state index < -0.39 is 53.3 Å². The minimum atomic E-state index is -4.39.